The lowest BCUT2D eigenvalue weighted by Gasteiger charge is -2.11. The summed E-state index contributed by atoms with van der Waals surface area (Å²) >= 11 is 5.90. The maximum absolute atomic E-state index is 11.9. The number of nitrogens with one attached hydrogen (secondary N) is 2. The van der Waals surface area contributed by atoms with E-state index in [1.54, 1.807) is 12.1 Å². The van der Waals surface area contributed by atoms with Crippen LogP contribution in [0.4, 0.5) is 5.69 Å². The first kappa shape index (κ1) is 12.7. The zero-order valence-corrected chi connectivity index (χ0v) is 12.1. The predicted molar refractivity (Wildman–Crippen MR) is 79.7 cm³/mol. The van der Waals surface area contributed by atoms with E-state index in [4.69, 9.17) is 11.6 Å². The minimum atomic E-state index is 0.0181. The van der Waals surface area contributed by atoms with Crippen molar-refractivity contribution in [2.24, 2.45) is 23.7 Å². The van der Waals surface area contributed by atoms with E-state index in [0.717, 1.165) is 29.4 Å². The van der Waals surface area contributed by atoms with Crippen LogP contribution >= 0.6 is 11.6 Å². The van der Waals surface area contributed by atoms with Crippen LogP contribution in [-0.2, 0) is 4.79 Å². The normalized spacial score (nSPS) is 36.8. The van der Waals surface area contributed by atoms with E-state index in [9.17, 15) is 4.79 Å². The molecular weight excluding hydrogens is 272 g/mol. The number of carbonyl (C=O) groups is 1. The maximum Gasteiger partial charge on any atom is 0.238 e. The van der Waals surface area contributed by atoms with Crippen molar-refractivity contribution < 1.29 is 4.79 Å². The Hall–Kier alpha value is -1.06. The van der Waals surface area contributed by atoms with Crippen molar-refractivity contribution >= 4 is 23.2 Å². The van der Waals surface area contributed by atoms with Crippen molar-refractivity contribution in [2.75, 3.05) is 11.9 Å². The summed E-state index contributed by atoms with van der Waals surface area (Å²) in [5.74, 6) is 3.64. The average Bonchev–Trinajstić information content (AvgIpc) is 2.80. The Morgan fingerprint density at radius 3 is 2.70 bits per heavy atom. The summed E-state index contributed by atoms with van der Waals surface area (Å²) in [5, 5.41) is 6.98. The Morgan fingerprint density at radius 2 is 2.00 bits per heavy atom. The Morgan fingerprint density at radius 1 is 1.25 bits per heavy atom. The third kappa shape index (κ3) is 2.13. The molecule has 0 aliphatic heterocycles. The number of fused-ring (bicyclic) bond motifs is 5. The molecule has 4 rings (SSSR count). The first-order valence-electron chi connectivity index (χ1n) is 7.51. The Balaban J connectivity index is 1.27. The highest BCUT2D eigenvalue weighted by Gasteiger charge is 2.64. The summed E-state index contributed by atoms with van der Waals surface area (Å²) in [4.78, 5) is 11.9. The summed E-state index contributed by atoms with van der Waals surface area (Å²) in [7, 11) is 0. The molecule has 0 saturated heterocycles. The topological polar surface area (TPSA) is 41.1 Å². The van der Waals surface area contributed by atoms with Gasteiger partial charge in [-0.15, -0.1) is 0 Å². The van der Waals surface area contributed by atoms with Crippen molar-refractivity contribution in [3.05, 3.63) is 29.3 Å². The van der Waals surface area contributed by atoms with E-state index in [0.29, 0.717) is 17.6 Å². The molecule has 3 nitrogen and oxygen atoms in total. The third-order valence-corrected chi connectivity index (χ3v) is 5.58. The number of hydrogen-bond donors (Lipinski definition) is 2. The summed E-state index contributed by atoms with van der Waals surface area (Å²) < 4.78 is 0. The molecule has 20 heavy (non-hydrogen) atoms. The van der Waals surface area contributed by atoms with Crippen molar-refractivity contribution in [2.45, 2.75) is 25.3 Å². The average molecular weight is 291 g/mol. The van der Waals surface area contributed by atoms with Gasteiger partial charge in [-0.2, -0.15) is 0 Å². The van der Waals surface area contributed by atoms with Crippen LogP contribution in [0, 0.1) is 23.7 Å². The molecule has 4 unspecified atom stereocenters. The highest BCUT2D eigenvalue weighted by Crippen LogP contribution is 2.65. The van der Waals surface area contributed by atoms with Crippen LogP contribution in [0.1, 0.15) is 19.3 Å². The smallest absolute Gasteiger partial charge is 0.238 e. The number of anilines is 1. The van der Waals surface area contributed by atoms with Crippen LogP contribution in [-0.4, -0.2) is 18.5 Å². The molecular formula is C16H19ClN2O. The number of benzene rings is 1. The third-order valence-electron chi connectivity index (χ3n) is 5.34. The number of amides is 1. The Labute approximate surface area is 124 Å². The lowest BCUT2D eigenvalue weighted by molar-refractivity contribution is -0.115. The molecule has 1 aromatic carbocycles. The van der Waals surface area contributed by atoms with Crippen LogP contribution in [0.25, 0.3) is 0 Å². The van der Waals surface area contributed by atoms with Gasteiger partial charge in [-0.3, -0.25) is 4.79 Å². The van der Waals surface area contributed by atoms with Crippen LogP contribution in [0.2, 0.25) is 5.02 Å². The van der Waals surface area contributed by atoms with E-state index in [1.165, 1.54) is 19.3 Å². The monoisotopic (exact) mass is 290 g/mol. The first-order valence-corrected chi connectivity index (χ1v) is 7.89. The fourth-order valence-electron chi connectivity index (χ4n) is 4.58. The number of rotatable bonds is 4. The number of halogens is 1. The molecule has 4 heteroatoms. The largest absolute Gasteiger partial charge is 0.325 e. The van der Waals surface area contributed by atoms with Gasteiger partial charge >= 0.3 is 0 Å². The molecule has 0 spiro atoms. The minimum absolute atomic E-state index is 0.0181. The lowest BCUT2D eigenvalue weighted by Crippen LogP contribution is -2.32. The van der Waals surface area contributed by atoms with E-state index >= 15 is 0 Å². The van der Waals surface area contributed by atoms with Gasteiger partial charge in [0.25, 0.3) is 0 Å². The molecule has 2 N–H and O–H groups in total. The molecule has 4 atom stereocenters. The van der Waals surface area contributed by atoms with Crippen molar-refractivity contribution in [1.82, 2.24) is 5.32 Å². The summed E-state index contributed by atoms with van der Waals surface area (Å²) in [5.41, 5.74) is 0.764. The zero-order valence-electron chi connectivity index (χ0n) is 11.3. The van der Waals surface area contributed by atoms with Gasteiger partial charge in [0.15, 0.2) is 0 Å². The molecule has 0 radical (unpaired) electrons. The van der Waals surface area contributed by atoms with Crippen molar-refractivity contribution in [3.8, 4) is 0 Å². The van der Waals surface area contributed by atoms with Gasteiger partial charge in [-0.25, -0.2) is 0 Å². The molecule has 3 aliphatic carbocycles. The highest BCUT2D eigenvalue weighted by atomic mass is 35.5. The molecule has 3 aliphatic rings. The maximum atomic E-state index is 11.9. The van der Waals surface area contributed by atoms with Gasteiger partial charge in [-0.05, 0) is 61.1 Å². The first-order chi connectivity index (χ1) is 9.72. The SMILES string of the molecule is O=C(CNC1C2C3CCC(C3)C12)Nc1cccc(Cl)c1. The van der Waals surface area contributed by atoms with Crippen molar-refractivity contribution in [1.29, 1.82) is 0 Å². The highest BCUT2D eigenvalue weighted by molar-refractivity contribution is 6.30. The molecule has 1 aromatic rings. The van der Waals surface area contributed by atoms with Crippen molar-refractivity contribution in [3.63, 3.8) is 0 Å². The quantitative estimate of drug-likeness (QED) is 0.895. The second-order valence-electron chi connectivity index (χ2n) is 6.45. The van der Waals surface area contributed by atoms with Crippen LogP contribution < -0.4 is 10.6 Å². The molecule has 2 bridgehead atoms. The van der Waals surface area contributed by atoms with E-state index in [-0.39, 0.29) is 5.91 Å². The molecule has 106 valence electrons. The number of carbonyl (C=O) groups excluding carboxylic acids is 1. The predicted octanol–water partition coefficient (Wildman–Crippen LogP) is 2.91. The van der Waals surface area contributed by atoms with Gasteiger partial charge in [0.2, 0.25) is 5.91 Å². The standard InChI is InChI=1S/C16H19ClN2O/c17-11-2-1-3-12(7-11)19-13(20)8-18-16-14-9-4-5-10(6-9)15(14)16/h1-3,7,9-10,14-16,18H,4-6,8H2,(H,19,20). The van der Waals surface area contributed by atoms with Gasteiger partial charge in [0.05, 0.1) is 6.54 Å². The summed E-state index contributed by atoms with van der Waals surface area (Å²) in [6, 6.07) is 7.87. The Bertz CT molecular complexity index is 531. The van der Waals surface area contributed by atoms with Gasteiger partial charge in [0.1, 0.15) is 0 Å². The van der Waals surface area contributed by atoms with Crippen LogP contribution in [0.5, 0.6) is 0 Å². The molecule has 0 heterocycles. The molecule has 1 amide bonds. The summed E-state index contributed by atoms with van der Waals surface area (Å²) in [6.45, 7) is 0.406. The molecule has 3 saturated carbocycles. The fourth-order valence-corrected chi connectivity index (χ4v) is 4.77. The lowest BCUT2D eigenvalue weighted by atomic mass is 10.0. The second kappa shape index (κ2) is 4.74. The summed E-state index contributed by atoms with van der Waals surface area (Å²) in [6.07, 6.45) is 4.28. The van der Waals surface area contributed by atoms with Gasteiger partial charge < -0.3 is 10.6 Å². The Kier molecular flexibility index (Phi) is 3.00. The molecule has 0 aromatic heterocycles. The second-order valence-corrected chi connectivity index (χ2v) is 6.89. The van der Waals surface area contributed by atoms with E-state index in [1.807, 2.05) is 12.1 Å². The van der Waals surface area contributed by atoms with E-state index in [2.05, 4.69) is 10.6 Å². The van der Waals surface area contributed by atoms with Crippen LogP contribution in [0.3, 0.4) is 0 Å². The van der Waals surface area contributed by atoms with Gasteiger partial charge in [-0.1, -0.05) is 17.7 Å². The van der Waals surface area contributed by atoms with E-state index < -0.39 is 0 Å². The van der Waals surface area contributed by atoms with Gasteiger partial charge in [0, 0.05) is 16.8 Å². The minimum Gasteiger partial charge on any atom is -0.325 e. The van der Waals surface area contributed by atoms with Crippen LogP contribution in [0.15, 0.2) is 24.3 Å². The zero-order chi connectivity index (χ0) is 13.7. The number of hydrogen-bond acceptors (Lipinski definition) is 2. The molecule has 3 fully saturated rings. The fraction of sp³-hybridized carbons (Fsp3) is 0.562.